The number of anilines is 1. The van der Waals surface area contributed by atoms with E-state index in [0.717, 1.165) is 0 Å². The number of halogens is 2. The second-order valence-corrected chi connectivity index (χ2v) is 7.78. The molecule has 152 valence electrons. The summed E-state index contributed by atoms with van der Waals surface area (Å²) >= 11 is 0. The molecule has 0 N–H and O–H groups in total. The summed E-state index contributed by atoms with van der Waals surface area (Å²) in [7, 11) is 1.71. The normalized spacial score (nSPS) is 11.3. The lowest BCUT2D eigenvalue weighted by Crippen LogP contribution is -2.21. The molecule has 0 unspecified atom stereocenters. The zero-order chi connectivity index (χ0) is 21.3. The second-order valence-electron chi connectivity index (χ2n) is 7.78. The molecule has 0 radical (unpaired) electrons. The summed E-state index contributed by atoms with van der Waals surface area (Å²) in [5.41, 5.74) is 1.16. The molecule has 1 heterocycles. The Morgan fingerprint density at radius 2 is 1.90 bits per heavy atom. The summed E-state index contributed by atoms with van der Waals surface area (Å²) in [6.07, 6.45) is 1.56. The van der Waals surface area contributed by atoms with Crippen molar-refractivity contribution in [1.82, 2.24) is 4.57 Å². The van der Waals surface area contributed by atoms with Gasteiger partial charge in [-0.15, -0.1) is 0 Å². The molecule has 29 heavy (non-hydrogen) atoms. The summed E-state index contributed by atoms with van der Waals surface area (Å²) in [6, 6.07) is 8.96. The van der Waals surface area contributed by atoms with Gasteiger partial charge in [0.25, 0.3) is 0 Å². The fourth-order valence-electron chi connectivity index (χ4n) is 3.48. The lowest BCUT2D eigenvalue weighted by molar-refractivity contribution is 0.101. The topological polar surface area (TPSA) is 42.3 Å². The van der Waals surface area contributed by atoms with Crippen molar-refractivity contribution in [3.05, 3.63) is 75.6 Å². The maximum absolute atomic E-state index is 14.9. The number of hydrogen-bond acceptors (Lipinski definition) is 3. The van der Waals surface area contributed by atoms with Gasteiger partial charge in [-0.1, -0.05) is 26.0 Å². The summed E-state index contributed by atoms with van der Waals surface area (Å²) in [5.74, 6) is -0.996. The molecule has 0 aliphatic rings. The molecule has 0 saturated heterocycles. The Bertz CT molecular complexity index is 1140. The maximum Gasteiger partial charge on any atom is 0.200 e. The minimum absolute atomic E-state index is 0.0541. The van der Waals surface area contributed by atoms with Gasteiger partial charge in [-0.25, -0.2) is 8.78 Å². The number of pyridine rings is 1. The van der Waals surface area contributed by atoms with Crippen LogP contribution in [0.3, 0.4) is 0 Å². The standard InChI is InChI=1S/C23H24F2N2O2/c1-14(2)11-27-13-19(15(3)28)23(29)18-9-20(25)22(10-21(18)27)26(4)12-16-6-5-7-17(24)8-16/h5-10,13-14H,11-12H2,1-4H3. The number of hydrogen-bond donors (Lipinski definition) is 0. The first-order valence-corrected chi connectivity index (χ1v) is 9.50. The van der Waals surface area contributed by atoms with E-state index in [1.54, 1.807) is 36.3 Å². The minimum Gasteiger partial charge on any atom is -0.368 e. The van der Waals surface area contributed by atoms with E-state index in [-0.39, 0.29) is 28.5 Å². The number of rotatable bonds is 6. The molecule has 3 aromatic rings. The predicted octanol–water partition coefficient (Wildman–Crippen LogP) is 4.77. The molecule has 3 rings (SSSR count). The number of Topliss-reactive ketones (excluding diaryl/α,β-unsaturated/α-hetero) is 1. The number of carbonyl (C=O) groups is 1. The lowest BCUT2D eigenvalue weighted by atomic mass is 10.1. The van der Waals surface area contributed by atoms with Gasteiger partial charge in [0.2, 0.25) is 0 Å². The first-order chi connectivity index (χ1) is 13.7. The van der Waals surface area contributed by atoms with Crippen molar-refractivity contribution < 1.29 is 13.6 Å². The Morgan fingerprint density at radius 3 is 2.52 bits per heavy atom. The summed E-state index contributed by atoms with van der Waals surface area (Å²) in [4.78, 5) is 26.3. The van der Waals surface area contributed by atoms with Gasteiger partial charge in [0.1, 0.15) is 11.6 Å². The van der Waals surface area contributed by atoms with Gasteiger partial charge in [0.05, 0.1) is 16.8 Å². The maximum atomic E-state index is 14.9. The number of ketones is 1. The van der Waals surface area contributed by atoms with Crippen LogP contribution < -0.4 is 10.3 Å². The highest BCUT2D eigenvalue weighted by Gasteiger charge is 2.18. The van der Waals surface area contributed by atoms with Gasteiger partial charge >= 0.3 is 0 Å². The number of carbonyl (C=O) groups excluding carboxylic acids is 1. The van der Waals surface area contributed by atoms with Crippen LogP contribution in [-0.4, -0.2) is 17.4 Å². The molecule has 4 nitrogen and oxygen atoms in total. The zero-order valence-electron chi connectivity index (χ0n) is 17.0. The molecule has 2 aromatic carbocycles. The van der Waals surface area contributed by atoms with Crippen LogP contribution in [0.4, 0.5) is 14.5 Å². The van der Waals surface area contributed by atoms with Crippen LogP contribution in [0.5, 0.6) is 0 Å². The number of benzene rings is 2. The van der Waals surface area contributed by atoms with Crippen molar-refractivity contribution in [2.24, 2.45) is 5.92 Å². The Balaban J connectivity index is 2.14. The summed E-state index contributed by atoms with van der Waals surface area (Å²) in [5, 5.41) is 0.179. The SMILES string of the molecule is CC(=O)c1cn(CC(C)C)c2cc(N(C)Cc3cccc(F)c3)c(F)cc2c1=O. The highest BCUT2D eigenvalue weighted by molar-refractivity contribution is 5.97. The van der Waals surface area contributed by atoms with E-state index in [1.165, 1.54) is 25.1 Å². The van der Waals surface area contributed by atoms with Crippen molar-refractivity contribution >= 4 is 22.4 Å². The third kappa shape index (κ3) is 4.36. The number of nitrogens with zero attached hydrogens (tertiary/aromatic N) is 2. The van der Waals surface area contributed by atoms with Gasteiger partial charge in [-0.2, -0.15) is 0 Å². The smallest absolute Gasteiger partial charge is 0.200 e. The molecule has 0 bridgehead atoms. The van der Waals surface area contributed by atoms with Crippen LogP contribution in [0.25, 0.3) is 10.9 Å². The third-order valence-corrected chi connectivity index (χ3v) is 4.81. The van der Waals surface area contributed by atoms with Gasteiger partial charge in [-0.3, -0.25) is 9.59 Å². The van der Waals surface area contributed by atoms with Crippen molar-refractivity contribution in [2.75, 3.05) is 11.9 Å². The quantitative estimate of drug-likeness (QED) is 0.562. The lowest BCUT2D eigenvalue weighted by Gasteiger charge is -2.22. The fraction of sp³-hybridized carbons (Fsp3) is 0.304. The third-order valence-electron chi connectivity index (χ3n) is 4.81. The Morgan fingerprint density at radius 1 is 1.17 bits per heavy atom. The van der Waals surface area contributed by atoms with Crippen LogP contribution >= 0.6 is 0 Å². The second kappa shape index (κ2) is 8.15. The molecule has 0 aliphatic heterocycles. The first-order valence-electron chi connectivity index (χ1n) is 9.50. The predicted molar refractivity (Wildman–Crippen MR) is 112 cm³/mol. The Labute approximate surface area is 168 Å². The van der Waals surface area contributed by atoms with Crippen molar-refractivity contribution in [3.63, 3.8) is 0 Å². The average Bonchev–Trinajstić information content (AvgIpc) is 2.63. The largest absolute Gasteiger partial charge is 0.368 e. The van der Waals surface area contributed by atoms with E-state index >= 15 is 0 Å². The molecule has 0 atom stereocenters. The van der Waals surface area contributed by atoms with Crippen molar-refractivity contribution in [1.29, 1.82) is 0 Å². The molecule has 0 aliphatic carbocycles. The van der Waals surface area contributed by atoms with Crippen molar-refractivity contribution in [3.8, 4) is 0 Å². The van der Waals surface area contributed by atoms with Crippen LogP contribution in [0.2, 0.25) is 0 Å². The molecule has 0 saturated carbocycles. The number of aromatic nitrogens is 1. The number of fused-ring (bicyclic) bond motifs is 1. The molecular formula is C23H24F2N2O2. The highest BCUT2D eigenvalue weighted by Crippen LogP contribution is 2.26. The van der Waals surface area contributed by atoms with E-state index in [0.29, 0.717) is 29.9 Å². The van der Waals surface area contributed by atoms with Crippen LogP contribution in [0.15, 0.2) is 47.4 Å². The monoisotopic (exact) mass is 398 g/mol. The van der Waals surface area contributed by atoms with Gasteiger partial charge in [-0.05, 0) is 42.7 Å². The highest BCUT2D eigenvalue weighted by atomic mass is 19.1. The van der Waals surface area contributed by atoms with Crippen LogP contribution in [-0.2, 0) is 13.1 Å². The Kier molecular flexibility index (Phi) is 5.82. The molecule has 6 heteroatoms. The van der Waals surface area contributed by atoms with E-state index in [4.69, 9.17) is 0 Å². The molecule has 0 amide bonds. The summed E-state index contributed by atoms with van der Waals surface area (Å²) in [6.45, 7) is 6.27. The van der Waals surface area contributed by atoms with Crippen molar-refractivity contribution in [2.45, 2.75) is 33.9 Å². The van der Waals surface area contributed by atoms with Gasteiger partial charge < -0.3 is 9.47 Å². The van der Waals surface area contributed by atoms with E-state index in [2.05, 4.69) is 0 Å². The van der Waals surface area contributed by atoms with Gasteiger partial charge in [0.15, 0.2) is 11.2 Å². The molecule has 0 fully saturated rings. The van der Waals surface area contributed by atoms with E-state index in [9.17, 15) is 18.4 Å². The van der Waals surface area contributed by atoms with Crippen LogP contribution in [0.1, 0.15) is 36.7 Å². The first kappa shape index (κ1) is 20.7. The summed E-state index contributed by atoms with van der Waals surface area (Å²) < 4.78 is 30.2. The molecular weight excluding hydrogens is 374 g/mol. The average molecular weight is 398 g/mol. The fourth-order valence-corrected chi connectivity index (χ4v) is 3.48. The van der Waals surface area contributed by atoms with Gasteiger partial charge in [0, 0.05) is 31.7 Å². The molecule has 1 aromatic heterocycles. The zero-order valence-corrected chi connectivity index (χ0v) is 17.0. The Hall–Kier alpha value is -3.02. The van der Waals surface area contributed by atoms with E-state index in [1.807, 2.05) is 18.4 Å². The molecule has 0 spiro atoms. The minimum atomic E-state index is -0.565. The van der Waals surface area contributed by atoms with E-state index < -0.39 is 11.2 Å². The van der Waals surface area contributed by atoms with Crippen LogP contribution in [0, 0.1) is 17.6 Å².